The Balaban J connectivity index is 1.77. The first kappa shape index (κ1) is 25.9. The first-order valence-corrected chi connectivity index (χ1v) is 11.7. The van der Waals surface area contributed by atoms with Crippen molar-refractivity contribution in [2.45, 2.75) is 38.0 Å². The van der Waals surface area contributed by atoms with Gasteiger partial charge in [-0.15, -0.1) is 0 Å². The molecular weight excluding hydrogens is 481 g/mol. The van der Waals surface area contributed by atoms with Gasteiger partial charge in [-0.3, -0.25) is 14.4 Å². The molecule has 0 aromatic heterocycles. The summed E-state index contributed by atoms with van der Waals surface area (Å²) in [7, 11) is 0. The highest BCUT2D eigenvalue weighted by Crippen LogP contribution is 2.46. The summed E-state index contributed by atoms with van der Waals surface area (Å²) >= 11 is 0. The van der Waals surface area contributed by atoms with Crippen molar-refractivity contribution in [1.82, 2.24) is 10.2 Å². The van der Waals surface area contributed by atoms with Crippen molar-refractivity contribution in [2.75, 3.05) is 0 Å². The Bertz CT molecular complexity index is 1320. The van der Waals surface area contributed by atoms with Gasteiger partial charge in [-0.1, -0.05) is 91.0 Å². The number of halogens is 3. The van der Waals surface area contributed by atoms with Gasteiger partial charge in [0.25, 0.3) is 5.91 Å². The zero-order valence-corrected chi connectivity index (χ0v) is 20.1. The molecule has 2 amide bonds. The van der Waals surface area contributed by atoms with Crippen LogP contribution in [0, 0.1) is 0 Å². The molecule has 8 heteroatoms. The third kappa shape index (κ3) is 5.05. The molecule has 0 saturated carbocycles. The molecule has 0 radical (unpaired) electrons. The van der Waals surface area contributed by atoms with Crippen LogP contribution in [0.25, 0.3) is 0 Å². The van der Waals surface area contributed by atoms with Gasteiger partial charge >= 0.3 is 6.18 Å². The van der Waals surface area contributed by atoms with E-state index in [-0.39, 0.29) is 30.6 Å². The van der Waals surface area contributed by atoms with E-state index in [1.54, 1.807) is 66.7 Å². The maximum atomic E-state index is 15.0. The number of rotatable bonds is 8. The maximum absolute atomic E-state index is 15.0. The van der Waals surface area contributed by atoms with Gasteiger partial charge in [0.05, 0.1) is 12.1 Å². The summed E-state index contributed by atoms with van der Waals surface area (Å²) in [5, 5.41) is 1.97. The van der Waals surface area contributed by atoms with Crippen LogP contribution >= 0.6 is 0 Å². The Kier molecular flexibility index (Phi) is 7.29. The molecule has 190 valence electrons. The second kappa shape index (κ2) is 10.4. The Hall–Kier alpha value is -4.20. The quantitative estimate of drug-likeness (QED) is 0.425. The molecule has 0 fully saturated rings. The van der Waals surface area contributed by atoms with Crippen LogP contribution in [-0.4, -0.2) is 34.2 Å². The van der Waals surface area contributed by atoms with E-state index in [0.717, 1.165) is 10.5 Å². The van der Waals surface area contributed by atoms with E-state index in [0.29, 0.717) is 5.56 Å². The van der Waals surface area contributed by atoms with Gasteiger partial charge in [0.2, 0.25) is 11.4 Å². The normalized spacial score (nSPS) is 17.7. The molecule has 1 aliphatic rings. The van der Waals surface area contributed by atoms with Gasteiger partial charge in [-0.05, 0) is 24.5 Å². The summed E-state index contributed by atoms with van der Waals surface area (Å²) in [4.78, 5) is 41.0. The van der Waals surface area contributed by atoms with Gasteiger partial charge in [-0.25, -0.2) is 0 Å². The van der Waals surface area contributed by atoms with E-state index in [2.05, 4.69) is 0 Å². The molecule has 1 heterocycles. The number of Topliss-reactive ketones (excluding diaryl/α,β-unsaturated/α-hetero) is 1. The molecule has 5 nitrogen and oxygen atoms in total. The van der Waals surface area contributed by atoms with E-state index in [1.165, 1.54) is 31.2 Å². The number of hydrogen-bond donors (Lipinski definition) is 1. The van der Waals surface area contributed by atoms with Crippen LogP contribution in [0.15, 0.2) is 102 Å². The minimum Gasteiger partial charge on any atom is -0.330 e. The van der Waals surface area contributed by atoms with Crippen molar-refractivity contribution in [3.05, 3.63) is 119 Å². The number of nitrogens with one attached hydrogen (secondary N) is 1. The standard InChI is InChI=1S/C29H25F3N2O3/c1-20-25(26(36)23-15-9-4-10-16-23)28(29(30,31)32,27(37)34(20)19-22-13-7-3-8-14-22)33-24(35)18-17-21-11-5-2-6-12-21/h2-16H,17-19H2,1H3,(H,33,35). The Morgan fingerprint density at radius 1 is 0.838 bits per heavy atom. The lowest BCUT2D eigenvalue weighted by Gasteiger charge is -2.33. The van der Waals surface area contributed by atoms with Crippen molar-refractivity contribution in [3.63, 3.8) is 0 Å². The largest absolute Gasteiger partial charge is 0.425 e. The van der Waals surface area contributed by atoms with Crippen LogP contribution in [0.5, 0.6) is 0 Å². The molecule has 4 rings (SSSR count). The lowest BCUT2D eigenvalue weighted by Crippen LogP contribution is -2.66. The number of nitrogens with zero attached hydrogens (tertiary/aromatic N) is 1. The molecule has 3 aromatic rings. The zero-order chi connectivity index (χ0) is 26.6. The van der Waals surface area contributed by atoms with Crippen LogP contribution in [0.3, 0.4) is 0 Å². The highest BCUT2D eigenvalue weighted by molar-refractivity contribution is 6.19. The fourth-order valence-electron chi connectivity index (χ4n) is 4.52. The summed E-state index contributed by atoms with van der Waals surface area (Å²) in [5.41, 5.74) is -3.13. The number of alkyl halides is 3. The average Bonchev–Trinajstić information content (AvgIpc) is 3.10. The number of carbonyl (C=O) groups excluding carboxylic acids is 3. The highest BCUT2D eigenvalue weighted by Gasteiger charge is 2.70. The van der Waals surface area contributed by atoms with E-state index >= 15 is 0 Å². The number of ketones is 1. The summed E-state index contributed by atoms with van der Waals surface area (Å²) in [5.74, 6) is -3.36. The van der Waals surface area contributed by atoms with Gasteiger partial charge in [-0.2, -0.15) is 13.2 Å². The predicted octanol–water partition coefficient (Wildman–Crippen LogP) is 5.24. The zero-order valence-electron chi connectivity index (χ0n) is 20.1. The molecule has 0 spiro atoms. The molecule has 1 N–H and O–H groups in total. The number of hydrogen-bond acceptors (Lipinski definition) is 3. The summed E-state index contributed by atoms with van der Waals surface area (Å²) in [6, 6.07) is 24.7. The topological polar surface area (TPSA) is 66.5 Å². The van der Waals surface area contributed by atoms with Crippen molar-refractivity contribution >= 4 is 17.6 Å². The highest BCUT2D eigenvalue weighted by atomic mass is 19.4. The second-order valence-corrected chi connectivity index (χ2v) is 8.81. The predicted molar refractivity (Wildman–Crippen MR) is 132 cm³/mol. The second-order valence-electron chi connectivity index (χ2n) is 8.81. The molecular formula is C29H25F3N2O3. The van der Waals surface area contributed by atoms with Gasteiger partial charge in [0.1, 0.15) is 0 Å². The lowest BCUT2D eigenvalue weighted by molar-refractivity contribution is -0.193. The van der Waals surface area contributed by atoms with Crippen LogP contribution in [0.1, 0.15) is 34.8 Å². The molecule has 0 saturated heterocycles. The number of amides is 2. The minimum atomic E-state index is -5.28. The molecule has 1 aliphatic heterocycles. The number of allylic oxidation sites excluding steroid dienone is 1. The maximum Gasteiger partial charge on any atom is 0.425 e. The fourth-order valence-corrected chi connectivity index (χ4v) is 4.52. The smallest absolute Gasteiger partial charge is 0.330 e. The monoisotopic (exact) mass is 506 g/mol. The molecule has 37 heavy (non-hydrogen) atoms. The lowest BCUT2D eigenvalue weighted by atomic mass is 9.84. The van der Waals surface area contributed by atoms with Crippen molar-refractivity contribution in [3.8, 4) is 0 Å². The van der Waals surface area contributed by atoms with Gasteiger partial charge in [0, 0.05) is 17.7 Å². The summed E-state index contributed by atoms with van der Waals surface area (Å²) in [6.07, 6.45) is -5.40. The molecule has 3 aromatic carbocycles. The SMILES string of the molecule is CC1=C(C(=O)c2ccccc2)C(NC(=O)CCc2ccccc2)(C(F)(F)F)C(=O)N1Cc1ccccc1. The number of benzene rings is 3. The van der Waals surface area contributed by atoms with Crippen molar-refractivity contribution in [1.29, 1.82) is 0 Å². The first-order chi connectivity index (χ1) is 17.6. The molecule has 1 atom stereocenters. The Labute approximate surface area is 212 Å². The third-order valence-corrected chi connectivity index (χ3v) is 6.39. The van der Waals surface area contributed by atoms with E-state index in [4.69, 9.17) is 0 Å². The Morgan fingerprint density at radius 3 is 1.89 bits per heavy atom. The first-order valence-electron chi connectivity index (χ1n) is 11.7. The molecule has 0 bridgehead atoms. The fraction of sp³-hybridized carbons (Fsp3) is 0.207. The third-order valence-electron chi connectivity index (χ3n) is 6.39. The van der Waals surface area contributed by atoms with Gasteiger partial charge in [0.15, 0.2) is 5.78 Å². The summed E-state index contributed by atoms with van der Waals surface area (Å²) in [6.45, 7) is 1.12. The molecule has 0 aliphatic carbocycles. The minimum absolute atomic E-state index is 0.0154. The van der Waals surface area contributed by atoms with Crippen LogP contribution < -0.4 is 5.32 Å². The van der Waals surface area contributed by atoms with E-state index in [9.17, 15) is 27.6 Å². The summed E-state index contributed by atoms with van der Waals surface area (Å²) < 4.78 is 44.9. The van der Waals surface area contributed by atoms with Crippen LogP contribution in [0.2, 0.25) is 0 Å². The van der Waals surface area contributed by atoms with Crippen LogP contribution in [0.4, 0.5) is 13.2 Å². The number of carbonyl (C=O) groups is 3. The number of aryl methyl sites for hydroxylation is 1. The van der Waals surface area contributed by atoms with Crippen molar-refractivity contribution in [2.24, 2.45) is 0 Å². The average molecular weight is 507 g/mol. The van der Waals surface area contributed by atoms with Crippen molar-refractivity contribution < 1.29 is 27.6 Å². The van der Waals surface area contributed by atoms with Gasteiger partial charge < -0.3 is 10.2 Å². The van der Waals surface area contributed by atoms with E-state index in [1.807, 2.05) is 5.32 Å². The van der Waals surface area contributed by atoms with E-state index < -0.39 is 34.9 Å². The Morgan fingerprint density at radius 2 is 1.35 bits per heavy atom. The molecule has 1 unspecified atom stereocenters. The van der Waals surface area contributed by atoms with Crippen LogP contribution in [-0.2, 0) is 22.6 Å².